The molecule has 0 aliphatic rings. The normalized spacial score (nSPS) is 12.6. The second-order valence-corrected chi connectivity index (χ2v) is 4.68. The Labute approximate surface area is 114 Å². The molecule has 2 aromatic heterocycles. The number of nitrogens with one attached hydrogen (secondary N) is 1. The second kappa shape index (κ2) is 6.48. The molecule has 1 unspecified atom stereocenters. The highest BCUT2D eigenvalue weighted by Crippen LogP contribution is 2.14. The number of pyridine rings is 1. The summed E-state index contributed by atoms with van der Waals surface area (Å²) in [6.07, 6.45) is 7.79. The van der Waals surface area contributed by atoms with Crippen molar-refractivity contribution in [2.24, 2.45) is 0 Å². The van der Waals surface area contributed by atoms with Crippen LogP contribution in [0.4, 0.5) is 0 Å². The van der Waals surface area contributed by atoms with Gasteiger partial charge in [-0.3, -0.25) is 4.98 Å². The fourth-order valence-electron chi connectivity index (χ4n) is 2.09. The quantitative estimate of drug-likeness (QED) is 0.866. The Bertz CT molecular complexity index is 501. The third kappa shape index (κ3) is 3.20. The average molecular weight is 258 g/mol. The first kappa shape index (κ1) is 13.7. The van der Waals surface area contributed by atoms with E-state index in [2.05, 4.69) is 52.8 Å². The van der Waals surface area contributed by atoms with E-state index in [0.29, 0.717) is 6.04 Å². The van der Waals surface area contributed by atoms with Gasteiger partial charge in [-0.15, -0.1) is 0 Å². The lowest BCUT2D eigenvalue weighted by Gasteiger charge is -2.13. The maximum Gasteiger partial charge on any atom is 0.112 e. The van der Waals surface area contributed by atoms with Gasteiger partial charge in [0.2, 0.25) is 0 Å². The Kier molecular flexibility index (Phi) is 4.68. The van der Waals surface area contributed by atoms with Crippen molar-refractivity contribution in [2.75, 3.05) is 6.54 Å². The fourth-order valence-corrected chi connectivity index (χ4v) is 2.09. The van der Waals surface area contributed by atoms with E-state index in [1.54, 1.807) is 0 Å². The molecule has 102 valence electrons. The van der Waals surface area contributed by atoms with Gasteiger partial charge < -0.3 is 9.88 Å². The van der Waals surface area contributed by atoms with Crippen molar-refractivity contribution in [3.05, 3.63) is 42.2 Å². The molecule has 0 radical (unpaired) electrons. The first-order valence-electron chi connectivity index (χ1n) is 6.98. The lowest BCUT2D eigenvalue weighted by molar-refractivity contribution is 0.558. The van der Waals surface area contributed by atoms with Gasteiger partial charge in [0.25, 0.3) is 0 Å². The van der Waals surface area contributed by atoms with E-state index in [9.17, 15) is 0 Å². The molecule has 4 nitrogen and oxygen atoms in total. The van der Waals surface area contributed by atoms with Crippen LogP contribution >= 0.6 is 0 Å². The van der Waals surface area contributed by atoms with Crippen molar-refractivity contribution >= 4 is 0 Å². The molecule has 0 spiro atoms. The third-order valence-electron chi connectivity index (χ3n) is 3.23. The molecule has 1 N–H and O–H groups in total. The van der Waals surface area contributed by atoms with E-state index in [4.69, 9.17) is 0 Å². The molecule has 0 saturated carbocycles. The summed E-state index contributed by atoms with van der Waals surface area (Å²) in [5.74, 6) is 1.06. The SMILES string of the molecule is CCCNC(C)c1ccc(-n2ccnc2CC)cn1. The van der Waals surface area contributed by atoms with Gasteiger partial charge >= 0.3 is 0 Å². The number of rotatable bonds is 6. The molecule has 1 atom stereocenters. The zero-order valence-electron chi connectivity index (χ0n) is 11.9. The topological polar surface area (TPSA) is 42.7 Å². The van der Waals surface area contributed by atoms with Crippen LogP contribution in [0.25, 0.3) is 5.69 Å². The maximum atomic E-state index is 4.55. The van der Waals surface area contributed by atoms with Gasteiger partial charge in [-0.2, -0.15) is 0 Å². The van der Waals surface area contributed by atoms with Gasteiger partial charge in [0, 0.05) is 24.9 Å². The lowest BCUT2D eigenvalue weighted by Crippen LogP contribution is -2.20. The van der Waals surface area contributed by atoms with Crippen LogP contribution in [0.5, 0.6) is 0 Å². The van der Waals surface area contributed by atoms with Crippen molar-refractivity contribution < 1.29 is 0 Å². The van der Waals surface area contributed by atoms with Crippen LogP contribution in [0.1, 0.15) is 44.8 Å². The van der Waals surface area contributed by atoms with Crippen LogP contribution in [0.2, 0.25) is 0 Å². The molecule has 0 saturated heterocycles. The number of hydrogen-bond acceptors (Lipinski definition) is 3. The predicted molar refractivity (Wildman–Crippen MR) is 77.4 cm³/mol. The number of aryl methyl sites for hydroxylation is 1. The smallest absolute Gasteiger partial charge is 0.112 e. The Morgan fingerprint density at radius 1 is 1.26 bits per heavy atom. The summed E-state index contributed by atoms with van der Waals surface area (Å²) in [6, 6.07) is 4.48. The zero-order chi connectivity index (χ0) is 13.7. The molecule has 0 fully saturated rings. The number of aromatic nitrogens is 3. The zero-order valence-corrected chi connectivity index (χ0v) is 11.9. The number of imidazole rings is 1. The highest BCUT2D eigenvalue weighted by molar-refractivity contribution is 5.32. The minimum absolute atomic E-state index is 0.294. The molecular weight excluding hydrogens is 236 g/mol. The van der Waals surface area contributed by atoms with Crippen LogP contribution in [0.15, 0.2) is 30.7 Å². The van der Waals surface area contributed by atoms with Gasteiger partial charge in [0.1, 0.15) is 5.82 Å². The van der Waals surface area contributed by atoms with Crippen LogP contribution < -0.4 is 5.32 Å². The Morgan fingerprint density at radius 2 is 2.11 bits per heavy atom. The van der Waals surface area contributed by atoms with E-state index >= 15 is 0 Å². The average Bonchev–Trinajstić information content (AvgIpc) is 2.93. The Morgan fingerprint density at radius 3 is 2.74 bits per heavy atom. The van der Waals surface area contributed by atoms with E-state index < -0.39 is 0 Å². The maximum absolute atomic E-state index is 4.55. The minimum atomic E-state index is 0.294. The highest BCUT2D eigenvalue weighted by Gasteiger charge is 2.07. The van der Waals surface area contributed by atoms with Gasteiger partial charge in [-0.1, -0.05) is 13.8 Å². The summed E-state index contributed by atoms with van der Waals surface area (Å²) in [5, 5.41) is 3.44. The van der Waals surface area contributed by atoms with Gasteiger partial charge in [0.15, 0.2) is 0 Å². The van der Waals surface area contributed by atoms with Crippen LogP contribution in [0, 0.1) is 0 Å². The molecule has 0 aliphatic carbocycles. The van der Waals surface area contributed by atoms with Crippen LogP contribution in [-0.4, -0.2) is 21.1 Å². The summed E-state index contributed by atoms with van der Waals surface area (Å²) in [4.78, 5) is 8.88. The molecule has 0 aromatic carbocycles. The highest BCUT2D eigenvalue weighted by atomic mass is 15.1. The Hall–Kier alpha value is -1.68. The van der Waals surface area contributed by atoms with Gasteiger partial charge in [-0.25, -0.2) is 4.98 Å². The molecule has 0 amide bonds. The van der Waals surface area contributed by atoms with Crippen molar-refractivity contribution in [3.63, 3.8) is 0 Å². The monoisotopic (exact) mass is 258 g/mol. The third-order valence-corrected chi connectivity index (χ3v) is 3.23. The summed E-state index contributed by atoms with van der Waals surface area (Å²) >= 11 is 0. The summed E-state index contributed by atoms with van der Waals surface area (Å²) in [7, 11) is 0. The minimum Gasteiger partial charge on any atom is -0.309 e. The molecule has 2 heterocycles. The molecular formula is C15H22N4. The molecule has 19 heavy (non-hydrogen) atoms. The lowest BCUT2D eigenvalue weighted by atomic mass is 10.2. The molecule has 0 aliphatic heterocycles. The molecule has 0 bridgehead atoms. The Balaban J connectivity index is 2.14. The predicted octanol–water partition coefficient (Wildman–Crippen LogP) is 2.89. The van der Waals surface area contributed by atoms with Crippen LogP contribution in [-0.2, 0) is 6.42 Å². The van der Waals surface area contributed by atoms with Crippen molar-refractivity contribution in [1.82, 2.24) is 19.9 Å². The fraction of sp³-hybridized carbons (Fsp3) is 0.467. The summed E-state index contributed by atoms with van der Waals surface area (Å²) in [6.45, 7) is 7.44. The first-order chi connectivity index (χ1) is 9.26. The van der Waals surface area contributed by atoms with Gasteiger partial charge in [-0.05, 0) is 32.0 Å². The number of hydrogen-bond donors (Lipinski definition) is 1. The first-order valence-corrected chi connectivity index (χ1v) is 6.98. The second-order valence-electron chi connectivity index (χ2n) is 4.68. The molecule has 2 aromatic rings. The van der Waals surface area contributed by atoms with Crippen LogP contribution in [0.3, 0.4) is 0 Å². The standard InChI is InChI=1S/C15H22N4/c1-4-8-16-12(3)14-7-6-13(11-18-14)19-10-9-17-15(19)5-2/h6-7,9-12,16H,4-5,8H2,1-3H3. The summed E-state index contributed by atoms with van der Waals surface area (Å²) < 4.78 is 2.08. The van der Waals surface area contributed by atoms with Crippen molar-refractivity contribution in [1.29, 1.82) is 0 Å². The molecule has 4 heteroatoms. The van der Waals surface area contributed by atoms with E-state index in [-0.39, 0.29) is 0 Å². The van der Waals surface area contributed by atoms with Gasteiger partial charge in [0.05, 0.1) is 17.6 Å². The molecule has 2 rings (SSSR count). The van der Waals surface area contributed by atoms with E-state index in [0.717, 1.165) is 36.6 Å². The largest absolute Gasteiger partial charge is 0.309 e. The van der Waals surface area contributed by atoms with Crippen molar-refractivity contribution in [3.8, 4) is 5.69 Å². The van der Waals surface area contributed by atoms with Crippen molar-refractivity contribution in [2.45, 2.75) is 39.7 Å². The number of nitrogens with zero attached hydrogens (tertiary/aromatic N) is 3. The van der Waals surface area contributed by atoms with E-state index in [1.807, 2.05) is 18.6 Å². The summed E-state index contributed by atoms with van der Waals surface area (Å²) in [5.41, 5.74) is 2.15. The van der Waals surface area contributed by atoms with E-state index in [1.165, 1.54) is 0 Å².